The van der Waals surface area contributed by atoms with Crippen LogP contribution >= 0.6 is 0 Å². The molecule has 1 saturated carbocycles. The van der Waals surface area contributed by atoms with Crippen molar-refractivity contribution in [3.8, 4) is 0 Å². The van der Waals surface area contributed by atoms with E-state index in [4.69, 9.17) is 5.73 Å². The number of nitrogens with zero attached hydrogens (tertiary/aromatic N) is 2. The van der Waals surface area contributed by atoms with Crippen LogP contribution in [-0.2, 0) is 4.79 Å². The van der Waals surface area contributed by atoms with Gasteiger partial charge in [0.15, 0.2) is 0 Å². The Morgan fingerprint density at radius 1 is 1.35 bits per heavy atom. The van der Waals surface area contributed by atoms with Crippen molar-refractivity contribution in [2.24, 2.45) is 17.6 Å². The summed E-state index contributed by atoms with van der Waals surface area (Å²) in [5, 5.41) is 2.76. The molecule has 2 atom stereocenters. The van der Waals surface area contributed by atoms with Crippen LogP contribution in [0, 0.1) is 11.8 Å². The zero-order chi connectivity index (χ0) is 12.1. The Kier molecular flexibility index (Phi) is 4.03. The lowest BCUT2D eigenvalue weighted by molar-refractivity contribution is -0.122. The second-order valence-electron chi connectivity index (χ2n) is 4.45. The first-order chi connectivity index (χ1) is 8.31. The maximum absolute atomic E-state index is 12.1. The Bertz CT molecular complexity index is 368. The molecule has 2 unspecified atom stereocenters. The minimum absolute atomic E-state index is 0.00588. The van der Waals surface area contributed by atoms with E-state index in [1.165, 1.54) is 6.42 Å². The summed E-state index contributed by atoms with van der Waals surface area (Å²) in [6.45, 7) is 0.577. The SMILES string of the molecule is NCC1CCCCC1C(=O)Nc1ncccn1. The van der Waals surface area contributed by atoms with Gasteiger partial charge in [0.1, 0.15) is 0 Å². The molecular weight excluding hydrogens is 216 g/mol. The zero-order valence-electron chi connectivity index (χ0n) is 9.80. The summed E-state index contributed by atoms with van der Waals surface area (Å²) in [5.74, 6) is 0.690. The first-order valence-corrected chi connectivity index (χ1v) is 6.09. The van der Waals surface area contributed by atoms with E-state index in [0.29, 0.717) is 18.4 Å². The van der Waals surface area contributed by atoms with Gasteiger partial charge in [-0.25, -0.2) is 9.97 Å². The van der Waals surface area contributed by atoms with E-state index in [0.717, 1.165) is 19.3 Å². The van der Waals surface area contributed by atoms with Crippen molar-refractivity contribution in [3.05, 3.63) is 18.5 Å². The van der Waals surface area contributed by atoms with Gasteiger partial charge >= 0.3 is 0 Å². The minimum atomic E-state index is 0.00588. The van der Waals surface area contributed by atoms with Gasteiger partial charge in [-0.1, -0.05) is 12.8 Å². The maximum Gasteiger partial charge on any atom is 0.230 e. The van der Waals surface area contributed by atoms with E-state index >= 15 is 0 Å². The number of nitrogens with two attached hydrogens (primary N) is 1. The highest BCUT2D eigenvalue weighted by Crippen LogP contribution is 2.29. The monoisotopic (exact) mass is 234 g/mol. The van der Waals surface area contributed by atoms with Gasteiger partial charge < -0.3 is 5.73 Å². The Balaban J connectivity index is 1.99. The molecule has 5 heteroatoms. The van der Waals surface area contributed by atoms with E-state index in [-0.39, 0.29) is 11.8 Å². The normalized spacial score (nSPS) is 24.3. The molecule has 1 aromatic heterocycles. The number of amides is 1. The molecule has 1 heterocycles. The van der Waals surface area contributed by atoms with Crippen molar-refractivity contribution in [1.29, 1.82) is 0 Å². The van der Waals surface area contributed by atoms with Gasteiger partial charge in [0.2, 0.25) is 11.9 Å². The number of hydrogen-bond acceptors (Lipinski definition) is 4. The van der Waals surface area contributed by atoms with Crippen molar-refractivity contribution in [2.75, 3.05) is 11.9 Å². The van der Waals surface area contributed by atoms with Crippen LogP contribution in [0.15, 0.2) is 18.5 Å². The molecule has 0 saturated heterocycles. The molecule has 0 spiro atoms. The average molecular weight is 234 g/mol. The van der Waals surface area contributed by atoms with Crippen LogP contribution in [0.2, 0.25) is 0 Å². The summed E-state index contributed by atoms with van der Waals surface area (Å²) in [5.41, 5.74) is 5.71. The van der Waals surface area contributed by atoms with Crippen LogP contribution in [0.3, 0.4) is 0 Å². The lowest BCUT2D eigenvalue weighted by Gasteiger charge is -2.29. The average Bonchev–Trinajstić information content (AvgIpc) is 2.40. The van der Waals surface area contributed by atoms with Crippen LogP contribution in [0.5, 0.6) is 0 Å². The molecule has 17 heavy (non-hydrogen) atoms. The van der Waals surface area contributed by atoms with Crippen molar-refractivity contribution in [3.63, 3.8) is 0 Å². The molecule has 92 valence electrons. The third-order valence-electron chi connectivity index (χ3n) is 3.35. The number of carbonyl (C=O) groups excluding carboxylic acids is 1. The van der Waals surface area contributed by atoms with Gasteiger partial charge in [-0.05, 0) is 31.4 Å². The molecule has 0 radical (unpaired) electrons. The van der Waals surface area contributed by atoms with E-state index in [1.54, 1.807) is 18.5 Å². The standard InChI is InChI=1S/C12H18N4O/c13-8-9-4-1-2-5-10(9)11(17)16-12-14-6-3-7-15-12/h3,6-7,9-10H,1-2,4-5,8,13H2,(H,14,15,16,17). The molecular formula is C12H18N4O. The molecule has 0 bridgehead atoms. The van der Waals surface area contributed by atoms with Gasteiger partial charge in [0, 0.05) is 18.3 Å². The van der Waals surface area contributed by atoms with Crippen LogP contribution in [0.4, 0.5) is 5.95 Å². The number of aromatic nitrogens is 2. The molecule has 0 aliphatic heterocycles. The highest BCUT2D eigenvalue weighted by Gasteiger charge is 2.30. The van der Waals surface area contributed by atoms with Gasteiger partial charge in [0.05, 0.1) is 0 Å². The Morgan fingerprint density at radius 3 is 2.76 bits per heavy atom. The summed E-state index contributed by atoms with van der Waals surface area (Å²) in [6.07, 6.45) is 7.47. The lowest BCUT2D eigenvalue weighted by Crippen LogP contribution is -2.36. The Hall–Kier alpha value is -1.49. The fourth-order valence-corrected chi connectivity index (χ4v) is 2.40. The van der Waals surface area contributed by atoms with Gasteiger partial charge in [-0.3, -0.25) is 10.1 Å². The van der Waals surface area contributed by atoms with E-state index in [1.807, 2.05) is 0 Å². The third kappa shape index (κ3) is 3.00. The first-order valence-electron chi connectivity index (χ1n) is 6.09. The van der Waals surface area contributed by atoms with Crippen LogP contribution < -0.4 is 11.1 Å². The van der Waals surface area contributed by atoms with Crippen LogP contribution in [-0.4, -0.2) is 22.4 Å². The van der Waals surface area contributed by atoms with Crippen molar-refractivity contribution in [2.45, 2.75) is 25.7 Å². The molecule has 1 aliphatic rings. The topological polar surface area (TPSA) is 80.9 Å². The summed E-state index contributed by atoms with van der Waals surface area (Å²) < 4.78 is 0. The zero-order valence-corrected chi connectivity index (χ0v) is 9.80. The largest absolute Gasteiger partial charge is 0.330 e. The number of carbonyl (C=O) groups is 1. The predicted octanol–water partition coefficient (Wildman–Crippen LogP) is 1.18. The summed E-state index contributed by atoms with van der Waals surface area (Å²) in [6, 6.07) is 1.72. The van der Waals surface area contributed by atoms with E-state index < -0.39 is 0 Å². The van der Waals surface area contributed by atoms with E-state index in [2.05, 4.69) is 15.3 Å². The number of hydrogen-bond donors (Lipinski definition) is 2. The molecule has 2 rings (SSSR count). The summed E-state index contributed by atoms with van der Waals surface area (Å²) in [7, 11) is 0. The molecule has 1 amide bonds. The highest BCUT2D eigenvalue weighted by atomic mass is 16.2. The van der Waals surface area contributed by atoms with E-state index in [9.17, 15) is 4.79 Å². The van der Waals surface area contributed by atoms with Gasteiger partial charge in [0.25, 0.3) is 0 Å². The third-order valence-corrected chi connectivity index (χ3v) is 3.35. The highest BCUT2D eigenvalue weighted by molar-refractivity contribution is 5.91. The molecule has 1 aromatic rings. The second kappa shape index (κ2) is 5.72. The smallest absolute Gasteiger partial charge is 0.230 e. The van der Waals surface area contributed by atoms with Gasteiger partial charge in [-0.15, -0.1) is 0 Å². The van der Waals surface area contributed by atoms with Crippen LogP contribution in [0.25, 0.3) is 0 Å². The summed E-state index contributed by atoms with van der Waals surface area (Å²) >= 11 is 0. The maximum atomic E-state index is 12.1. The molecule has 1 fully saturated rings. The Morgan fingerprint density at radius 2 is 2.06 bits per heavy atom. The first kappa shape index (κ1) is 12.0. The molecule has 5 nitrogen and oxygen atoms in total. The quantitative estimate of drug-likeness (QED) is 0.823. The number of anilines is 1. The summed E-state index contributed by atoms with van der Waals surface area (Å²) in [4.78, 5) is 20.1. The molecule has 1 aliphatic carbocycles. The van der Waals surface area contributed by atoms with Crippen molar-refractivity contribution < 1.29 is 4.79 Å². The van der Waals surface area contributed by atoms with Crippen LogP contribution in [0.1, 0.15) is 25.7 Å². The fraction of sp³-hybridized carbons (Fsp3) is 0.583. The predicted molar refractivity (Wildman–Crippen MR) is 65.2 cm³/mol. The fourth-order valence-electron chi connectivity index (χ4n) is 2.40. The Labute approximate surface area is 101 Å². The minimum Gasteiger partial charge on any atom is -0.330 e. The lowest BCUT2D eigenvalue weighted by atomic mass is 9.79. The number of nitrogens with one attached hydrogen (secondary N) is 1. The van der Waals surface area contributed by atoms with Gasteiger partial charge in [-0.2, -0.15) is 0 Å². The van der Waals surface area contributed by atoms with Crippen molar-refractivity contribution in [1.82, 2.24) is 9.97 Å². The molecule has 0 aromatic carbocycles. The van der Waals surface area contributed by atoms with Crippen molar-refractivity contribution >= 4 is 11.9 Å². The number of rotatable bonds is 3. The molecule has 3 N–H and O–H groups in total. The second-order valence-corrected chi connectivity index (χ2v) is 4.45.